The molecule has 1 aliphatic heterocycles. The van der Waals surface area contributed by atoms with E-state index in [1.165, 1.54) is 0 Å². The molecule has 3 rings (SSSR count). The molecule has 1 aromatic rings. The van der Waals surface area contributed by atoms with E-state index in [9.17, 15) is 15.0 Å². The molecule has 0 amide bonds. The number of carboxylic acid groups (broad SMARTS) is 1. The van der Waals surface area contributed by atoms with E-state index in [0.29, 0.717) is 5.56 Å². The fourth-order valence-electron chi connectivity index (χ4n) is 4.93. The van der Waals surface area contributed by atoms with Crippen molar-refractivity contribution in [1.82, 2.24) is 4.90 Å². The second kappa shape index (κ2) is 5.60. The summed E-state index contributed by atoms with van der Waals surface area (Å²) in [6, 6.07) is 5.44. The molecule has 2 fully saturated rings. The van der Waals surface area contributed by atoms with Gasteiger partial charge in [-0.2, -0.15) is 0 Å². The molecular weight excluding hydrogens is 290 g/mol. The average Bonchev–Trinajstić information content (AvgIpc) is 2.52. The Morgan fingerprint density at radius 3 is 2.65 bits per heavy atom. The Kier molecular flexibility index (Phi) is 4.01. The largest absolute Gasteiger partial charge is 0.478 e. The number of piperidine rings is 1. The Balaban J connectivity index is 2.18. The molecule has 3 atom stereocenters. The van der Waals surface area contributed by atoms with E-state index in [2.05, 4.69) is 18.9 Å². The van der Waals surface area contributed by atoms with E-state index in [0.717, 1.165) is 49.8 Å². The third kappa shape index (κ3) is 2.31. The summed E-state index contributed by atoms with van der Waals surface area (Å²) in [4.78, 5) is 13.7. The summed E-state index contributed by atoms with van der Waals surface area (Å²) < 4.78 is 0. The minimum atomic E-state index is -0.900. The number of carboxylic acids is 1. The maximum Gasteiger partial charge on any atom is 0.335 e. The van der Waals surface area contributed by atoms with Gasteiger partial charge in [-0.05, 0) is 70.0 Å². The highest BCUT2D eigenvalue weighted by Crippen LogP contribution is 2.54. The zero-order chi connectivity index (χ0) is 16.8. The van der Waals surface area contributed by atoms with Gasteiger partial charge >= 0.3 is 5.97 Å². The third-order valence-corrected chi connectivity index (χ3v) is 6.48. The zero-order valence-electron chi connectivity index (χ0n) is 14.3. The second-order valence-corrected chi connectivity index (χ2v) is 7.45. The molecule has 23 heavy (non-hydrogen) atoms. The first-order valence-corrected chi connectivity index (χ1v) is 8.59. The Bertz CT molecular complexity index is 629. The van der Waals surface area contributed by atoms with E-state index in [4.69, 9.17) is 0 Å². The summed E-state index contributed by atoms with van der Waals surface area (Å²) in [5, 5.41) is 21.1. The number of aryl methyl sites for hydroxylation is 1. The van der Waals surface area contributed by atoms with Crippen LogP contribution in [0.1, 0.15) is 60.5 Å². The minimum absolute atomic E-state index is 0.0736. The lowest BCUT2D eigenvalue weighted by Crippen LogP contribution is -2.68. The zero-order valence-corrected chi connectivity index (χ0v) is 14.3. The maximum atomic E-state index is 11.7. The molecule has 1 saturated carbocycles. The van der Waals surface area contributed by atoms with Gasteiger partial charge in [0.25, 0.3) is 0 Å². The van der Waals surface area contributed by atoms with Crippen molar-refractivity contribution in [1.29, 1.82) is 0 Å². The quantitative estimate of drug-likeness (QED) is 0.880. The van der Waals surface area contributed by atoms with Gasteiger partial charge in [0, 0.05) is 11.5 Å². The van der Waals surface area contributed by atoms with E-state index < -0.39 is 11.6 Å². The van der Waals surface area contributed by atoms with E-state index in [1.807, 2.05) is 19.1 Å². The van der Waals surface area contributed by atoms with Crippen LogP contribution in [0, 0.1) is 6.92 Å². The van der Waals surface area contributed by atoms with E-state index in [1.54, 1.807) is 6.07 Å². The van der Waals surface area contributed by atoms with E-state index in [-0.39, 0.29) is 11.5 Å². The van der Waals surface area contributed by atoms with Crippen LogP contribution >= 0.6 is 0 Å². The molecule has 4 nitrogen and oxygen atoms in total. The van der Waals surface area contributed by atoms with Gasteiger partial charge in [0.2, 0.25) is 0 Å². The van der Waals surface area contributed by atoms with Crippen molar-refractivity contribution in [2.75, 3.05) is 13.6 Å². The molecule has 2 unspecified atom stereocenters. The van der Waals surface area contributed by atoms with Crippen LogP contribution in [0.2, 0.25) is 0 Å². The van der Waals surface area contributed by atoms with Crippen molar-refractivity contribution >= 4 is 5.97 Å². The maximum absolute atomic E-state index is 11.7. The smallest absolute Gasteiger partial charge is 0.335 e. The molecule has 126 valence electrons. The van der Waals surface area contributed by atoms with Crippen molar-refractivity contribution in [3.05, 3.63) is 34.9 Å². The summed E-state index contributed by atoms with van der Waals surface area (Å²) in [5.41, 5.74) is 1.33. The van der Waals surface area contributed by atoms with E-state index >= 15 is 0 Å². The predicted octanol–water partition coefficient (Wildman–Crippen LogP) is 2.96. The van der Waals surface area contributed by atoms with Gasteiger partial charge in [-0.25, -0.2) is 4.79 Å². The minimum Gasteiger partial charge on any atom is -0.478 e. The first kappa shape index (κ1) is 16.5. The number of likely N-dealkylation sites (N-methyl/N-ethyl adjacent to an activating group) is 1. The Morgan fingerprint density at radius 1 is 1.26 bits per heavy atom. The molecule has 0 bridgehead atoms. The van der Waals surface area contributed by atoms with Crippen LogP contribution in [-0.2, 0) is 5.41 Å². The van der Waals surface area contributed by atoms with Crippen LogP contribution in [0.3, 0.4) is 0 Å². The summed E-state index contributed by atoms with van der Waals surface area (Å²) in [7, 11) is 2.07. The van der Waals surface area contributed by atoms with Gasteiger partial charge in [0.05, 0.1) is 11.2 Å². The molecule has 1 aromatic carbocycles. The topological polar surface area (TPSA) is 60.8 Å². The lowest BCUT2D eigenvalue weighted by Gasteiger charge is -2.60. The number of aliphatic hydroxyl groups is 1. The molecule has 4 heteroatoms. The molecule has 1 heterocycles. The highest BCUT2D eigenvalue weighted by molar-refractivity contribution is 5.88. The van der Waals surface area contributed by atoms with Gasteiger partial charge < -0.3 is 15.1 Å². The number of benzene rings is 1. The summed E-state index contributed by atoms with van der Waals surface area (Å²) in [6.07, 6.45) is 4.73. The lowest BCUT2D eigenvalue weighted by atomic mass is 9.53. The van der Waals surface area contributed by atoms with Gasteiger partial charge in [0.15, 0.2) is 0 Å². The third-order valence-electron chi connectivity index (χ3n) is 6.48. The molecule has 1 saturated heterocycles. The second-order valence-electron chi connectivity index (χ2n) is 7.45. The van der Waals surface area contributed by atoms with Crippen LogP contribution in [0.15, 0.2) is 18.2 Å². The standard InChI is InChI=1S/C19H27NO3/c1-13-6-7-15(17(21)22)12-16(13)18-8-4-5-9-19(18,23)14(2)20(3)11-10-18/h6-7,12,14,23H,4-5,8-11H2,1-3H3,(H,21,22)/t14?,18-,19?/m0/s1. The van der Waals surface area contributed by atoms with Crippen molar-refractivity contribution in [2.45, 2.75) is 63.0 Å². The number of nitrogens with zero attached hydrogens (tertiary/aromatic N) is 1. The van der Waals surface area contributed by atoms with Crippen LogP contribution in [0.4, 0.5) is 0 Å². The fraction of sp³-hybridized carbons (Fsp3) is 0.632. The Labute approximate surface area is 138 Å². The SMILES string of the molecule is Cc1ccc(C(=O)O)cc1[C@@]12CCCCC1(O)C(C)N(C)CC2. The van der Waals surface area contributed by atoms with Crippen LogP contribution < -0.4 is 0 Å². The van der Waals surface area contributed by atoms with Gasteiger partial charge in [0.1, 0.15) is 0 Å². The van der Waals surface area contributed by atoms with Crippen molar-refractivity contribution in [2.24, 2.45) is 0 Å². The molecule has 1 aliphatic carbocycles. The molecule has 0 radical (unpaired) electrons. The number of fused-ring (bicyclic) bond motifs is 1. The highest BCUT2D eigenvalue weighted by atomic mass is 16.4. The van der Waals surface area contributed by atoms with Gasteiger partial charge in [-0.3, -0.25) is 0 Å². The van der Waals surface area contributed by atoms with Crippen molar-refractivity contribution in [3.8, 4) is 0 Å². The number of hydrogen-bond donors (Lipinski definition) is 2. The molecular formula is C19H27NO3. The van der Waals surface area contributed by atoms with Crippen molar-refractivity contribution < 1.29 is 15.0 Å². The number of hydrogen-bond acceptors (Lipinski definition) is 3. The molecule has 0 aromatic heterocycles. The first-order valence-electron chi connectivity index (χ1n) is 8.59. The van der Waals surface area contributed by atoms with Gasteiger partial charge in [-0.1, -0.05) is 18.9 Å². The number of aromatic carboxylic acids is 1. The average molecular weight is 317 g/mol. The normalized spacial score (nSPS) is 34.9. The molecule has 0 spiro atoms. The predicted molar refractivity (Wildman–Crippen MR) is 89.9 cm³/mol. The van der Waals surface area contributed by atoms with Gasteiger partial charge in [-0.15, -0.1) is 0 Å². The number of carbonyl (C=O) groups is 1. The molecule has 2 N–H and O–H groups in total. The number of rotatable bonds is 2. The Hall–Kier alpha value is -1.39. The van der Waals surface area contributed by atoms with Crippen LogP contribution in [-0.4, -0.2) is 46.3 Å². The fourth-order valence-corrected chi connectivity index (χ4v) is 4.93. The highest BCUT2D eigenvalue weighted by Gasteiger charge is 2.58. The van der Waals surface area contributed by atoms with Crippen LogP contribution in [0.5, 0.6) is 0 Å². The van der Waals surface area contributed by atoms with Crippen molar-refractivity contribution in [3.63, 3.8) is 0 Å². The first-order chi connectivity index (χ1) is 10.8. The monoisotopic (exact) mass is 317 g/mol. The summed E-state index contributed by atoms with van der Waals surface area (Å²) in [5.74, 6) is -0.900. The lowest BCUT2D eigenvalue weighted by molar-refractivity contribution is -0.148. The number of likely N-dealkylation sites (tertiary alicyclic amines) is 1. The summed E-state index contributed by atoms with van der Waals surface area (Å²) in [6.45, 7) is 5.07. The van der Waals surface area contributed by atoms with Crippen LogP contribution in [0.25, 0.3) is 0 Å². The summed E-state index contributed by atoms with van der Waals surface area (Å²) >= 11 is 0. The Morgan fingerprint density at radius 2 is 1.96 bits per heavy atom. The molecule has 2 aliphatic rings.